The first-order valence-electron chi connectivity index (χ1n) is 4.80. The molecule has 0 aliphatic heterocycles. The Hall–Kier alpha value is -1.41. The normalized spacial score (nSPS) is 11.5. The fourth-order valence-electron chi connectivity index (χ4n) is 1.34. The summed E-state index contributed by atoms with van der Waals surface area (Å²) in [5.41, 5.74) is 0. The van der Waals surface area contributed by atoms with E-state index < -0.39 is 20.7 Å². The molecule has 0 bridgehead atoms. The van der Waals surface area contributed by atoms with Crippen molar-refractivity contribution in [2.75, 3.05) is 4.72 Å². The van der Waals surface area contributed by atoms with Crippen LogP contribution in [0.2, 0.25) is 0 Å². The second-order valence-electron chi connectivity index (χ2n) is 3.48. The molecule has 0 saturated heterocycles. The van der Waals surface area contributed by atoms with Gasteiger partial charge >= 0.3 is 0 Å². The van der Waals surface area contributed by atoms with Crippen LogP contribution < -0.4 is 4.72 Å². The lowest BCUT2D eigenvalue weighted by molar-refractivity contribution is 0.400. The largest absolute Gasteiger partial charge is 0.360 e. The number of anilines is 1. The van der Waals surface area contributed by atoms with Crippen LogP contribution in [0.1, 0.15) is 5.76 Å². The molecule has 0 fully saturated rings. The van der Waals surface area contributed by atoms with Gasteiger partial charge in [0.05, 0.1) is 0 Å². The number of benzene rings is 1. The standard InChI is InChI=1S/C10H8BrFN2O3S/c1-6-5-9(13-17-6)14-18(15,16)10-7(11)3-2-4-8(10)12/h2-5H,1H3,(H,13,14). The summed E-state index contributed by atoms with van der Waals surface area (Å²) in [5, 5.41) is 3.48. The van der Waals surface area contributed by atoms with E-state index in [2.05, 4.69) is 25.8 Å². The van der Waals surface area contributed by atoms with Gasteiger partial charge in [-0.05, 0) is 35.0 Å². The molecule has 0 amide bonds. The van der Waals surface area contributed by atoms with E-state index in [9.17, 15) is 12.8 Å². The Labute approximate surface area is 111 Å². The fraction of sp³-hybridized carbons (Fsp3) is 0.100. The van der Waals surface area contributed by atoms with E-state index in [4.69, 9.17) is 4.52 Å². The number of nitrogens with zero attached hydrogens (tertiary/aromatic N) is 1. The van der Waals surface area contributed by atoms with Gasteiger partial charge in [-0.1, -0.05) is 11.2 Å². The maximum atomic E-state index is 13.6. The zero-order valence-corrected chi connectivity index (χ0v) is 11.5. The number of rotatable bonds is 3. The highest BCUT2D eigenvalue weighted by atomic mass is 79.9. The molecular formula is C10H8BrFN2O3S. The summed E-state index contributed by atoms with van der Waals surface area (Å²) in [5.74, 6) is -0.403. The van der Waals surface area contributed by atoms with Crippen molar-refractivity contribution in [3.8, 4) is 0 Å². The predicted molar refractivity (Wildman–Crippen MR) is 66.1 cm³/mol. The number of nitrogens with one attached hydrogen (secondary N) is 1. The molecule has 18 heavy (non-hydrogen) atoms. The van der Waals surface area contributed by atoms with Crippen LogP contribution in [0.25, 0.3) is 0 Å². The van der Waals surface area contributed by atoms with Gasteiger partial charge in [-0.25, -0.2) is 12.8 Å². The Kier molecular flexibility index (Phi) is 3.40. The van der Waals surface area contributed by atoms with Crippen LogP contribution in [0, 0.1) is 12.7 Å². The average Bonchev–Trinajstić information content (AvgIpc) is 2.62. The monoisotopic (exact) mass is 334 g/mol. The number of aromatic nitrogens is 1. The van der Waals surface area contributed by atoms with E-state index in [0.29, 0.717) is 5.76 Å². The number of hydrogen-bond acceptors (Lipinski definition) is 4. The molecule has 0 saturated carbocycles. The third-order valence-corrected chi connectivity index (χ3v) is 4.41. The van der Waals surface area contributed by atoms with E-state index in [-0.39, 0.29) is 10.3 Å². The van der Waals surface area contributed by atoms with E-state index in [0.717, 1.165) is 6.07 Å². The molecule has 1 aromatic heterocycles. The van der Waals surface area contributed by atoms with Gasteiger partial charge in [-0.3, -0.25) is 4.72 Å². The summed E-state index contributed by atoms with van der Waals surface area (Å²) in [4.78, 5) is -0.467. The van der Waals surface area contributed by atoms with Crippen LogP contribution in [-0.4, -0.2) is 13.6 Å². The first kappa shape index (κ1) is 13.0. The molecular weight excluding hydrogens is 327 g/mol. The molecule has 0 atom stereocenters. The third-order valence-electron chi connectivity index (χ3n) is 2.05. The van der Waals surface area contributed by atoms with Crippen molar-refractivity contribution in [1.82, 2.24) is 5.16 Å². The van der Waals surface area contributed by atoms with Gasteiger partial charge in [0.1, 0.15) is 16.5 Å². The second-order valence-corrected chi connectivity index (χ2v) is 5.95. The quantitative estimate of drug-likeness (QED) is 0.936. The Morgan fingerprint density at radius 1 is 1.44 bits per heavy atom. The van der Waals surface area contributed by atoms with Crippen molar-refractivity contribution in [1.29, 1.82) is 0 Å². The molecule has 8 heteroatoms. The van der Waals surface area contributed by atoms with Crippen LogP contribution in [0.15, 0.2) is 38.2 Å². The fourth-order valence-corrected chi connectivity index (χ4v) is 3.45. The van der Waals surface area contributed by atoms with Gasteiger partial charge in [-0.2, -0.15) is 0 Å². The van der Waals surface area contributed by atoms with Gasteiger partial charge in [0.25, 0.3) is 10.0 Å². The third kappa shape index (κ3) is 2.54. The molecule has 1 heterocycles. The number of aryl methyl sites for hydroxylation is 1. The van der Waals surface area contributed by atoms with Crippen LogP contribution in [0.4, 0.5) is 10.2 Å². The average molecular weight is 335 g/mol. The van der Waals surface area contributed by atoms with Crippen LogP contribution in [-0.2, 0) is 10.0 Å². The van der Waals surface area contributed by atoms with Crippen molar-refractivity contribution in [3.05, 3.63) is 40.3 Å². The lowest BCUT2D eigenvalue weighted by atomic mass is 10.3. The van der Waals surface area contributed by atoms with E-state index in [1.54, 1.807) is 6.92 Å². The molecule has 0 unspecified atom stereocenters. The molecule has 0 spiro atoms. The lowest BCUT2D eigenvalue weighted by Gasteiger charge is -2.07. The molecule has 0 radical (unpaired) electrons. The summed E-state index contributed by atoms with van der Waals surface area (Å²) in [6.45, 7) is 1.61. The smallest absolute Gasteiger partial charge is 0.267 e. The molecule has 96 valence electrons. The minimum Gasteiger partial charge on any atom is -0.360 e. The number of halogens is 2. The summed E-state index contributed by atoms with van der Waals surface area (Å²) in [6.07, 6.45) is 0. The predicted octanol–water partition coefficient (Wildman–Crippen LogP) is 2.69. The summed E-state index contributed by atoms with van der Waals surface area (Å²) in [7, 11) is -4.06. The van der Waals surface area contributed by atoms with Gasteiger partial charge in [0.2, 0.25) is 0 Å². The zero-order valence-electron chi connectivity index (χ0n) is 9.15. The molecule has 0 aliphatic rings. The van der Waals surface area contributed by atoms with Crippen molar-refractivity contribution in [2.45, 2.75) is 11.8 Å². The summed E-state index contributed by atoms with van der Waals surface area (Å²) in [6, 6.07) is 5.30. The van der Waals surface area contributed by atoms with Gasteiger partial charge in [-0.15, -0.1) is 0 Å². The Morgan fingerprint density at radius 3 is 2.72 bits per heavy atom. The molecule has 1 N–H and O–H groups in total. The van der Waals surface area contributed by atoms with Crippen molar-refractivity contribution in [2.24, 2.45) is 0 Å². The minimum absolute atomic E-state index is 0.00246. The SMILES string of the molecule is Cc1cc(NS(=O)(=O)c2c(F)cccc2Br)no1. The van der Waals surface area contributed by atoms with Crippen LogP contribution in [0.3, 0.4) is 0 Å². The highest BCUT2D eigenvalue weighted by Gasteiger charge is 2.23. The maximum absolute atomic E-state index is 13.6. The minimum atomic E-state index is -4.06. The van der Waals surface area contributed by atoms with Crippen molar-refractivity contribution in [3.63, 3.8) is 0 Å². The van der Waals surface area contributed by atoms with Gasteiger partial charge in [0, 0.05) is 10.5 Å². The highest BCUT2D eigenvalue weighted by Crippen LogP contribution is 2.26. The Morgan fingerprint density at radius 2 is 2.17 bits per heavy atom. The molecule has 2 aromatic rings. The van der Waals surface area contributed by atoms with Crippen LogP contribution in [0.5, 0.6) is 0 Å². The van der Waals surface area contributed by atoms with E-state index in [1.165, 1.54) is 18.2 Å². The second kappa shape index (κ2) is 4.69. The summed E-state index contributed by atoms with van der Waals surface area (Å²) >= 11 is 3.00. The molecule has 1 aromatic carbocycles. The van der Waals surface area contributed by atoms with Crippen LogP contribution >= 0.6 is 15.9 Å². The van der Waals surface area contributed by atoms with Crippen molar-refractivity contribution >= 4 is 31.8 Å². The number of sulfonamides is 1. The zero-order chi connectivity index (χ0) is 13.3. The highest BCUT2D eigenvalue weighted by molar-refractivity contribution is 9.10. The van der Waals surface area contributed by atoms with Gasteiger partial charge in [0.15, 0.2) is 5.82 Å². The Balaban J connectivity index is 2.43. The van der Waals surface area contributed by atoms with Crippen molar-refractivity contribution < 1.29 is 17.3 Å². The number of hydrogen-bond donors (Lipinski definition) is 1. The molecule has 0 aliphatic carbocycles. The maximum Gasteiger partial charge on any atom is 0.267 e. The lowest BCUT2D eigenvalue weighted by Crippen LogP contribution is -2.15. The summed E-state index contributed by atoms with van der Waals surface area (Å²) < 4.78 is 44.5. The molecule has 2 rings (SSSR count). The van der Waals surface area contributed by atoms with E-state index in [1.807, 2.05) is 0 Å². The van der Waals surface area contributed by atoms with Gasteiger partial charge < -0.3 is 4.52 Å². The first-order valence-corrected chi connectivity index (χ1v) is 7.08. The Bertz CT molecular complexity index is 664. The van der Waals surface area contributed by atoms with E-state index >= 15 is 0 Å². The first-order chi connectivity index (χ1) is 8.40. The molecule has 5 nitrogen and oxygen atoms in total. The topological polar surface area (TPSA) is 72.2 Å².